The molecule has 0 saturated heterocycles. The molecular weight excluding hydrogens is 239 g/mol. The van der Waals surface area contributed by atoms with Gasteiger partial charge in [0.1, 0.15) is 0 Å². The molecule has 0 aliphatic carbocycles. The van der Waals surface area contributed by atoms with E-state index in [1.807, 2.05) is 0 Å². The average molecular weight is 249 g/mol. The van der Waals surface area contributed by atoms with Crippen LogP contribution in [0.25, 0.3) is 0 Å². The maximum atomic E-state index is 13.4. The van der Waals surface area contributed by atoms with E-state index in [0.29, 0.717) is 0 Å². The molecule has 0 saturated carbocycles. The van der Waals surface area contributed by atoms with E-state index >= 15 is 0 Å². The summed E-state index contributed by atoms with van der Waals surface area (Å²) in [4.78, 5) is 14.3. The summed E-state index contributed by atoms with van der Waals surface area (Å²) in [7, 11) is 0. The van der Waals surface area contributed by atoms with Gasteiger partial charge in [-0.15, -0.1) is 0 Å². The first-order chi connectivity index (χ1) is 7.97. The Balaban J connectivity index is 2.96. The second kappa shape index (κ2) is 5.51. The van der Waals surface area contributed by atoms with E-state index in [2.05, 4.69) is 9.72 Å². The SMILES string of the molecule is CCOC(=O)Cc1cnc(C(F)F)c(O)c1F. The van der Waals surface area contributed by atoms with Gasteiger partial charge in [0.15, 0.2) is 17.3 Å². The molecule has 0 atom stereocenters. The van der Waals surface area contributed by atoms with Crippen LogP contribution in [-0.2, 0) is 16.0 Å². The van der Waals surface area contributed by atoms with Crippen molar-refractivity contribution in [1.29, 1.82) is 0 Å². The number of halogens is 3. The standard InChI is InChI=1S/C10H10F3NO3/c1-2-17-6(15)3-5-4-14-8(10(12)13)9(16)7(5)11/h4,10,16H,2-3H2,1H3. The van der Waals surface area contributed by atoms with Crippen LogP contribution in [0.1, 0.15) is 24.6 Å². The predicted molar refractivity (Wildman–Crippen MR) is 51.2 cm³/mol. The number of alkyl halides is 2. The van der Waals surface area contributed by atoms with Gasteiger partial charge in [0.05, 0.1) is 13.0 Å². The second-order valence-corrected chi connectivity index (χ2v) is 3.11. The van der Waals surface area contributed by atoms with Crippen molar-refractivity contribution in [3.8, 4) is 5.75 Å². The lowest BCUT2D eigenvalue weighted by Crippen LogP contribution is -2.10. The molecule has 94 valence electrons. The molecule has 0 aliphatic heterocycles. The first-order valence-electron chi connectivity index (χ1n) is 4.77. The summed E-state index contributed by atoms with van der Waals surface area (Å²) < 4.78 is 42.4. The zero-order valence-electron chi connectivity index (χ0n) is 8.91. The van der Waals surface area contributed by atoms with Crippen molar-refractivity contribution in [1.82, 2.24) is 4.98 Å². The van der Waals surface area contributed by atoms with Gasteiger partial charge in [-0.1, -0.05) is 0 Å². The molecule has 0 bridgehead atoms. The highest BCUT2D eigenvalue weighted by molar-refractivity contribution is 5.72. The van der Waals surface area contributed by atoms with E-state index in [1.54, 1.807) is 6.92 Å². The molecule has 0 fully saturated rings. The third-order valence-electron chi connectivity index (χ3n) is 1.94. The summed E-state index contributed by atoms with van der Waals surface area (Å²) in [6.45, 7) is 1.69. The first kappa shape index (κ1) is 13.3. The van der Waals surface area contributed by atoms with Crippen molar-refractivity contribution in [2.24, 2.45) is 0 Å². The average Bonchev–Trinajstić information content (AvgIpc) is 2.25. The third-order valence-corrected chi connectivity index (χ3v) is 1.94. The van der Waals surface area contributed by atoms with E-state index in [4.69, 9.17) is 5.11 Å². The maximum Gasteiger partial charge on any atom is 0.310 e. The highest BCUT2D eigenvalue weighted by Gasteiger charge is 2.21. The van der Waals surface area contributed by atoms with Gasteiger partial charge in [-0.2, -0.15) is 0 Å². The molecule has 1 heterocycles. The van der Waals surface area contributed by atoms with E-state index in [1.165, 1.54) is 0 Å². The zero-order valence-corrected chi connectivity index (χ0v) is 8.91. The Labute approximate surface area is 95.0 Å². The second-order valence-electron chi connectivity index (χ2n) is 3.11. The number of aromatic nitrogens is 1. The van der Waals surface area contributed by atoms with Gasteiger partial charge in [-0.25, -0.2) is 13.2 Å². The minimum atomic E-state index is -3.08. The number of nitrogens with zero attached hydrogens (tertiary/aromatic N) is 1. The van der Waals surface area contributed by atoms with Crippen LogP contribution in [0.4, 0.5) is 13.2 Å². The van der Waals surface area contributed by atoms with Gasteiger partial charge >= 0.3 is 5.97 Å². The molecule has 7 heteroatoms. The Hall–Kier alpha value is -1.79. The number of carbonyl (C=O) groups excluding carboxylic acids is 1. The topological polar surface area (TPSA) is 59.4 Å². The zero-order chi connectivity index (χ0) is 13.0. The molecule has 1 aromatic rings. The van der Waals surface area contributed by atoms with Crippen molar-refractivity contribution >= 4 is 5.97 Å². The summed E-state index contributed by atoms with van der Waals surface area (Å²) in [6.07, 6.45) is -2.77. The lowest BCUT2D eigenvalue weighted by atomic mass is 10.1. The summed E-state index contributed by atoms with van der Waals surface area (Å²) in [5.41, 5.74) is -1.33. The number of ether oxygens (including phenoxy) is 1. The van der Waals surface area contributed by atoms with Crippen molar-refractivity contribution < 1.29 is 27.8 Å². The molecule has 0 aromatic carbocycles. The smallest absolute Gasteiger partial charge is 0.310 e. The van der Waals surface area contributed by atoms with Crippen LogP contribution in [0.15, 0.2) is 6.20 Å². The van der Waals surface area contributed by atoms with E-state index in [0.717, 1.165) is 6.20 Å². The fraction of sp³-hybridized carbons (Fsp3) is 0.400. The molecule has 0 aliphatic rings. The number of aromatic hydroxyl groups is 1. The van der Waals surface area contributed by atoms with Crippen LogP contribution in [0.2, 0.25) is 0 Å². The van der Waals surface area contributed by atoms with Crippen molar-refractivity contribution in [3.05, 3.63) is 23.3 Å². The number of hydrogen-bond donors (Lipinski definition) is 1. The van der Waals surface area contributed by atoms with Crippen LogP contribution in [-0.4, -0.2) is 22.7 Å². The minimum Gasteiger partial charge on any atom is -0.503 e. The van der Waals surface area contributed by atoms with Crippen LogP contribution < -0.4 is 0 Å². The molecule has 1 aromatic heterocycles. The Bertz CT molecular complexity index is 424. The molecule has 0 amide bonds. The van der Waals surface area contributed by atoms with Gasteiger partial charge in [0, 0.05) is 11.8 Å². The van der Waals surface area contributed by atoms with Crippen molar-refractivity contribution in [3.63, 3.8) is 0 Å². The highest BCUT2D eigenvalue weighted by Crippen LogP contribution is 2.29. The number of rotatable bonds is 4. The van der Waals surface area contributed by atoms with Crippen LogP contribution >= 0.6 is 0 Å². The summed E-state index contributed by atoms with van der Waals surface area (Å²) in [6, 6.07) is 0. The van der Waals surface area contributed by atoms with E-state index in [9.17, 15) is 18.0 Å². The van der Waals surface area contributed by atoms with Gasteiger partial charge < -0.3 is 9.84 Å². The first-order valence-corrected chi connectivity index (χ1v) is 4.77. The van der Waals surface area contributed by atoms with Gasteiger partial charge in [-0.3, -0.25) is 9.78 Å². The lowest BCUT2D eigenvalue weighted by Gasteiger charge is -2.07. The fourth-order valence-corrected chi connectivity index (χ4v) is 1.18. The number of hydrogen-bond acceptors (Lipinski definition) is 4. The Kier molecular flexibility index (Phi) is 4.30. The van der Waals surface area contributed by atoms with Crippen LogP contribution in [0.5, 0.6) is 5.75 Å². The van der Waals surface area contributed by atoms with Gasteiger partial charge in [0.25, 0.3) is 6.43 Å². The summed E-state index contributed by atoms with van der Waals surface area (Å²) in [5.74, 6) is -3.23. The van der Waals surface area contributed by atoms with E-state index in [-0.39, 0.29) is 12.2 Å². The predicted octanol–water partition coefficient (Wildman–Crippen LogP) is 1.97. The third kappa shape index (κ3) is 3.08. The summed E-state index contributed by atoms with van der Waals surface area (Å²) >= 11 is 0. The van der Waals surface area contributed by atoms with Crippen LogP contribution in [0.3, 0.4) is 0 Å². The molecule has 0 radical (unpaired) electrons. The monoisotopic (exact) mass is 249 g/mol. The Morgan fingerprint density at radius 1 is 1.59 bits per heavy atom. The quantitative estimate of drug-likeness (QED) is 0.829. The normalized spacial score (nSPS) is 10.6. The summed E-state index contributed by atoms with van der Waals surface area (Å²) in [5, 5.41) is 9.12. The lowest BCUT2D eigenvalue weighted by molar-refractivity contribution is -0.142. The highest BCUT2D eigenvalue weighted by atomic mass is 19.3. The maximum absolute atomic E-state index is 13.4. The molecule has 0 spiro atoms. The Morgan fingerprint density at radius 3 is 2.76 bits per heavy atom. The van der Waals surface area contributed by atoms with Crippen molar-refractivity contribution in [2.45, 2.75) is 19.8 Å². The number of esters is 1. The minimum absolute atomic E-state index is 0.120. The van der Waals surface area contributed by atoms with Gasteiger partial charge in [0.2, 0.25) is 0 Å². The molecule has 17 heavy (non-hydrogen) atoms. The Morgan fingerprint density at radius 2 is 2.24 bits per heavy atom. The molecule has 0 unspecified atom stereocenters. The molecular formula is C10H10F3NO3. The number of carbonyl (C=O) groups is 1. The molecule has 1 rings (SSSR count). The van der Waals surface area contributed by atoms with Gasteiger partial charge in [-0.05, 0) is 6.92 Å². The van der Waals surface area contributed by atoms with Crippen LogP contribution in [0, 0.1) is 5.82 Å². The van der Waals surface area contributed by atoms with E-state index < -0.39 is 36.1 Å². The molecule has 4 nitrogen and oxygen atoms in total. The number of pyridine rings is 1. The largest absolute Gasteiger partial charge is 0.503 e. The van der Waals surface area contributed by atoms with Crippen molar-refractivity contribution in [2.75, 3.05) is 6.61 Å². The fourth-order valence-electron chi connectivity index (χ4n) is 1.18. The molecule has 1 N–H and O–H groups in total.